The minimum atomic E-state index is -3.96. The Hall–Kier alpha value is -1.41. The van der Waals surface area contributed by atoms with Crippen LogP contribution in [0.5, 0.6) is 0 Å². The van der Waals surface area contributed by atoms with E-state index in [1.807, 2.05) is 0 Å². The topological polar surface area (TPSA) is 109 Å². The molecule has 1 aromatic rings. The van der Waals surface area contributed by atoms with Crippen molar-refractivity contribution >= 4 is 15.9 Å². The molecule has 1 atom stereocenters. The monoisotopic (exact) mass is 300 g/mol. The van der Waals surface area contributed by atoms with E-state index in [0.717, 1.165) is 19.3 Å². The average molecular weight is 300 g/mol. The molecule has 1 aliphatic heterocycles. The van der Waals surface area contributed by atoms with Gasteiger partial charge in [-0.1, -0.05) is 13.3 Å². The maximum absolute atomic E-state index is 12.4. The number of hydrogen-bond acceptors (Lipinski definition) is 4. The summed E-state index contributed by atoms with van der Waals surface area (Å²) < 4.78 is 23.1. The number of likely N-dealkylation sites (tertiary alicyclic amines) is 1. The van der Waals surface area contributed by atoms with Crippen LogP contribution >= 0.6 is 0 Å². The molecule has 1 fully saturated rings. The van der Waals surface area contributed by atoms with Gasteiger partial charge >= 0.3 is 0 Å². The molecule has 2 rings (SSSR count). The van der Waals surface area contributed by atoms with E-state index in [-0.39, 0.29) is 16.5 Å². The summed E-state index contributed by atoms with van der Waals surface area (Å²) >= 11 is 0. The molecule has 1 aliphatic rings. The lowest BCUT2D eigenvalue weighted by Gasteiger charge is -2.15. The number of nitrogens with one attached hydrogen (secondary N) is 1. The van der Waals surface area contributed by atoms with Crippen molar-refractivity contribution in [1.82, 2.24) is 15.1 Å². The molecule has 112 valence electrons. The van der Waals surface area contributed by atoms with Gasteiger partial charge in [-0.3, -0.25) is 9.89 Å². The number of sulfonamides is 1. The number of nitrogens with zero attached hydrogens (tertiary/aromatic N) is 2. The molecular formula is C12H20N4O3S. The molecule has 2 heterocycles. The summed E-state index contributed by atoms with van der Waals surface area (Å²) in [6, 6.07) is 0. The lowest BCUT2D eigenvalue weighted by Crippen LogP contribution is -2.31. The molecule has 1 aromatic heterocycles. The van der Waals surface area contributed by atoms with Crippen molar-refractivity contribution in [2.24, 2.45) is 11.1 Å². The van der Waals surface area contributed by atoms with E-state index in [2.05, 4.69) is 17.1 Å². The second kappa shape index (κ2) is 5.53. The molecule has 20 heavy (non-hydrogen) atoms. The highest BCUT2D eigenvalue weighted by molar-refractivity contribution is 7.89. The fourth-order valence-corrected chi connectivity index (χ4v) is 3.60. The molecule has 0 spiro atoms. The molecule has 1 amide bonds. The van der Waals surface area contributed by atoms with Gasteiger partial charge in [-0.25, -0.2) is 13.6 Å². The number of nitrogens with two attached hydrogens (primary N) is 1. The number of aryl methyl sites for hydroxylation is 1. The number of carbonyl (C=O) groups is 1. The normalized spacial score (nSPS) is 19.6. The van der Waals surface area contributed by atoms with Gasteiger partial charge in [0.25, 0.3) is 5.91 Å². The summed E-state index contributed by atoms with van der Waals surface area (Å²) in [6.45, 7) is 4.94. The third-order valence-corrected chi connectivity index (χ3v) is 4.72. The highest BCUT2D eigenvalue weighted by Crippen LogP contribution is 2.24. The van der Waals surface area contributed by atoms with E-state index < -0.39 is 10.0 Å². The van der Waals surface area contributed by atoms with Crippen LogP contribution in [0.25, 0.3) is 0 Å². The van der Waals surface area contributed by atoms with Gasteiger partial charge in [-0.05, 0) is 25.7 Å². The van der Waals surface area contributed by atoms with Crippen LogP contribution in [0.2, 0.25) is 0 Å². The van der Waals surface area contributed by atoms with Gasteiger partial charge < -0.3 is 4.90 Å². The number of amides is 1. The summed E-state index contributed by atoms with van der Waals surface area (Å²) in [5.74, 6) is 0.124. The zero-order valence-electron chi connectivity index (χ0n) is 11.7. The predicted molar refractivity (Wildman–Crippen MR) is 73.6 cm³/mol. The van der Waals surface area contributed by atoms with Crippen molar-refractivity contribution in [3.63, 3.8) is 0 Å². The Morgan fingerprint density at radius 3 is 2.85 bits per heavy atom. The second-order valence-electron chi connectivity index (χ2n) is 5.27. The van der Waals surface area contributed by atoms with Crippen LogP contribution in [-0.2, 0) is 10.0 Å². The van der Waals surface area contributed by atoms with Crippen LogP contribution in [-0.4, -0.2) is 42.5 Å². The zero-order valence-corrected chi connectivity index (χ0v) is 12.5. The number of H-pyrrole nitrogens is 1. The fourth-order valence-electron chi connectivity index (χ4n) is 2.72. The predicted octanol–water partition coefficient (Wildman–Crippen LogP) is 0.628. The maximum atomic E-state index is 12.4. The van der Waals surface area contributed by atoms with Gasteiger partial charge in [-0.15, -0.1) is 0 Å². The van der Waals surface area contributed by atoms with E-state index in [4.69, 9.17) is 5.14 Å². The highest BCUT2D eigenvalue weighted by Gasteiger charge is 2.32. The van der Waals surface area contributed by atoms with Crippen LogP contribution in [0.4, 0.5) is 0 Å². The quantitative estimate of drug-likeness (QED) is 0.849. The van der Waals surface area contributed by atoms with Crippen molar-refractivity contribution in [3.8, 4) is 0 Å². The Bertz CT molecular complexity index is 608. The van der Waals surface area contributed by atoms with Crippen LogP contribution in [0, 0.1) is 12.8 Å². The molecule has 0 aliphatic carbocycles. The van der Waals surface area contributed by atoms with Gasteiger partial charge in [0.05, 0.1) is 5.69 Å². The van der Waals surface area contributed by atoms with Crippen molar-refractivity contribution in [2.45, 2.75) is 38.0 Å². The molecule has 0 saturated carbocycles. The summed E-state index contributed by atoms with van der Waals surface area (Å²) in [7, 11) is -3.96. The molecule has 0 aromatic carbocycles. The van der Waals surface area contributed by atoms with E-state index in [9.17, 15) is 13.2 Å². The first-order valence-electron chi connectivity index (χ1n) is 6.71. The van der Waals surface area contributed by atoms with Gasteiger partial charge in [0.15, 0.2) is 5.69 Å². The third-order valence-electron chi connectivity index (χ3n) is 3.65. The molecule has 7 nitrogen and oxygen atoms in total. The molecule has 8 heteroatoms. The number of primary sulfonamides is 1. The van der Waals surface area contributed by atoms with Crippen molar-refractivity contribution in [1.29, 1.82) is 0 Å². The Balaban J connectivity index is 2.23. The van der Waals surface area contributed by atoms with Crippen LogP contribution < -0.4 is 5.14 Å². The minimum absolute atomic E-state index is 0.0952. The Kier molecular flexibility index (Phi) is 4.14. The SMILES string of the molecule is CCCC1CCN(C(=O)c2n[nH]c(C)c2S(N)(=O)=O)C1. The van der Waals surface area contributed by atoms with Crippen LogP contribution in [0.1, 0.15) is 42.4 Å². The number of aromatic amines is 1. The van der Waals surface area contributed by atoms with E-state index >= 15 is 0 Å². The summed E-state index contributed by atoms with van der Waals surface area (Å²) in [4.78, 5) is 13.9. The first-order chi connectivity index (χ1) is 9.34. The summed E-state index contributed by atoms with van der Waals surface area (Å²) in [6.07, 6.45) is 3.11. The standard InChI is InChI=1S/C12H20N4O3S/c1-3-4-9-5-6-16(7-9)12(17)10-11(20(13,18)19)8(2)14-15-10/h9H,3-7H2,1-2H3,(H,14,15)(H2,13,18,19). The van der Waals surface area contributed by atoms with E-state index in [1.54, 1.807) is 4.90 Å². The van der Waals surface area contributed by atoms with Gasteiger partial charge in [0.1, 0.15) is 4.90 Å². The maximum Gasteiger partial charge on any atom is 0.275 e. The Morgan fingerprint density at radius 2 is 2.25 bits per heavy atom. The lowest BCUT2D eigenvalue weighted by molar-refractivity contribution is 0.0777. The Morgan fingerprint density at radius 1 is 1.55 bits per heavy atom. The minimum Gasteiger partial charge on any atom is -0.337 e. The molecule has 1 saturated heterocycles. The molecule has 0 radical (unpaired) electrons. The van der Waals surface area contributed by atoms with Crippen LogP contribution in [0.3, 0.4) is 0 Å². The van der Waals surface area contributed by atoms with E-state index in [1.165, 1.54) is 6.92 Å². The third kappa shape index (κ3) is 2.85. The van der Waals surface area contributed by atoms with Crippen molar-refractivity contribution in [2.75, 3.05) is 13.1 Å². The van der Waals surface area contributed by atoms with Crippen LogP contribution in [0.15, 0.2) is 4.90 Å². The lowest BCUT2D eigenvalue weighted by atomic mass is 10.0. The molecule has 1 unspecified atom stereocenters. The Labute approximate surface area is 118 Å². The highest BCUT2D eigenvalue weighted by atomic mass is 32.2. The fraction of sp³-hybridized carbons (Fsp3) is 0.667. The summed E-state index contributed by atoms with van der Waals surface area (Å²) in [5.41, 5.74) is 0.197. The number of hydrogen-bond donors (Lipinski definition) is 2. The largest absolute Gasteiger partial charge is 0.337 e. The first kappa shape index (κ1) is 15.0. The molecule has 3 N–H and O–H groups in total. The molecule has 0 bridgehead atoms. The van der Waals surface area contributed by atoms with Gasteiger partial charge in [-0.2, -0.15) is 5.10 Å². The number of aromatic nitrogens is 2. The van der Waals surface area contributed by atoms with Gasteiger partial charge in [0.2, 0.25) is 10.0 Å². The smallest absolute Gasteiger partial charge is 0.275 e. The molecular weight excluding hydrogens is 280 g/mol. The first-order valence-corrected chi connectivity index (χ1v) is 8.26. The van der Waals surface area contributed by atoms with Crippen molar-refractivity contribution in [3.05, 3.63) is 11.4 Å². The van der Waals surface area contributed by atoms with Crippen molar-refractivity contribution < 1.29 is 13.2 Å². The van der Waals surface area contributed by atoms with Gasteiger partial charge in [0, 0.05) is 13.1 Å². The summed E-state index contributed by atoms with van der Waals surface area (Å²) in [5, 5.41) is 11.5. The van der Waals surface area contributed by atoms with E-state index in [0.29, 0.717) is 24.7 Å². The number of carbonyl (C=O) groups excluding carboxylic acids is 1. The average Bonchev–Trinajstić information content (AvgIpc) is 2.94. The number of rotatable bonds is 4. The second-order valence-corrected chi connectivity index (χ2v) is 6.76. The zero-order chi connectivity index (χ0) is 14.9.